The lowest BCUT2D eigenvalue weighted by molar-refractivity contribution is 0.161. The molecule has 0 radical (unpaired) electrons. The maximum absolute atomic E-state index is 13.0. The third-order valence-electron chi connectivity index (χ3n) is 8.64. The molecule has 3 rings (SSSR count). The summed E-state index contributed by atoms with van der Waals surface area (Å²) in [6.45, 7) is 9.66. The monoisotopic (exact) mass is 565 g/mol. The molecule has 5 nitrogen and oxygen atoms in total. The van der Waals surface area contributed by atoms with E-state index in [2.05, 4.69) is 52.9 Å². The van der Waals surface area contributed by atoms with Crippen molar-refractivity contribution in [1.29, 1.82) is 0 Å². The van der Waals surface area contributed by atoms with Gasteiger partial charge in [-0.2, -0.15) is 0 Å². The van der Waals surface area contributed by atoms with Gasteiger partial charge >= 0.3 is 0 Å². The van der Waals surface area contributed by atoms with E-state index in [1.54, 1.807) is 6.07 Å². The molecule has 5 heteroatoms. The fourth-order valence-corrected chi connectivity index (χ4v) is 5.92. The van der Waals surface area contributed by atoms with Crippen LogP contribution in [0.25, 0.3) is 0 Å². The average Bonchev–Trinajstić information content (AvgIpc) is 2.98. The van der Waals surface area contributed by atoms with Gasteiger partial charge in [0.15, 0.2) is 5.75 Å². The molecule has 230 valence electrons. The molecule has 1 aromatic carbocycles. The minimum atomic E-state index is 0.00333. The van der Waals surface area contributed by atoms with Gasteiger partial charge in [0, 0.05) is 50.5 Å². The number of hydrogen-bond donors (Lipinski definition) is 1. The SMILES string of the molecule is CCCCCCCCCCCCCCCCCCOc1cn(Cc2ccccc2)c(CN2CCNCC2C)cc1=O. The van der Waals surface area contributed by atoms with Gasteiger partial charge < -0.3 is 14.6 Å². The third-order valence-corrected chi connectivity index (χ3v) is 8.64. The smallest absolute Gasteiger partial charge is 0.223 e. The summed E-state index contributed by atoms with van der Waals surface area (Å²) in [5.74, 6) is 0.485. The second-order valence-corrected chi connectivity index (χ2v) is 12.3. The van der Waals surface area contributed by atoms with Crippen LogP contribution >= 0.6 is 0 Å². The molecular weight excluding hydrogens is 506 g/mol. The van der Waals surface area contributed by atoms with E-state index in [1.807, 2.05) is 12.3 Å². The van der Waals surface area contributed by atoms with Crippen LogP contribution in [0.3, 0.4) is 0 Å². The number of nitrogens with one attached hydrogen (secondary N) is 1. The summed E-state index contributed by atoms with van der Waals surface area (Å²) in [5.41, 5.74) is 2.29. The zero-order valence-corrected chi connectivity index (χ0v) is 26.4. The standard InChI is InChI=1S/C36H59N3O2/c1-3-4-5-6-7-8-9-10-11-12-13-14-15-16-17-21-26-41-36-31-39(29-33-22-19-18-20-23-33)34(27-35(36)40)30-38-25-24-37-28-32(38)2/h18-20,22-23,27,31-32,37H,3-17,21,24-26,28-30H2,1-2H3. The molecule has 2 heterocycles. The van der Waals surface area contributed by atoms with E-state index < -0.39 is 0 Å². The predicted octanol–water partition coefficient (Wildman–Crippen LogP) is 8.33. The Morgan fingerprint density at radius 3 is 1.98 bits per heavy atom. The van der Waals surface area contributed by atoms with E-state index in [0.717, 1.165) is 44.8 Å². The van der Waals surface area contributed by atoms with Crippen LogP contribution < -0.4 is 15.5 Å². The molecule has 1 aliphatic rings. The minimum Gasteiger partial charge on any atom is -0.488 e. The van der Waals surface area contributed by atoms with Crippen LogP contribution in [0.5, 0.6) is 5.75 Å². The van der Waals surface area contributed by atoms with Crippen molar-refractivity contribution in [3.8, 4) is 5.75 Å². The molecule has 1 saturated heterocycles. The van der Waals surface area contributed by atoms with Gasteiger partial charge in [-0.25, -0.2) is 0 Å². The molecule has 0 bridgehead atoms. The molecule has 0 amide bonds. The summed E-state index contributed by atoms with van der Waals surface area (Å²) >= 11 is 0. The zero-order valence-electron chi connectivity index (χ0n) is 26.4. The molecule has 0 spiro atoms. The molecular formula is C36H59N3O2. The molecule has 1 aromatic heterocycles. The summed E-state index contributed by atoms with van der Waals surface area (Å²) in [4.78, 5) is 15.5. The molecule has 1 unspecified atom stereocenters. The number of benzene rings is 1. The molecule has 1 aliphatic heterocycles. The third kappa shape index (κ3) is 13.6. The summed E-state index contributed by atoms with van der Waals surface area (Å²) in [5, 5.41) is 3.46. The Hall–Kier alpha value is -2.11. The first-order valence-electron chi connectivity index (χ1n) is 17.0. The van der Waals surface area contributed by atoms with Gasteiger partial charge in [-0.15, -0.1) is 0 Å². The Morgan fingerprint density at radius 2 is 1.39 bits per heavy atom. The van der Waals surface area contributed by atoms with Crippen LogP contribution in [0.2, 0.25) is 0 Å². The van der Waals surface area contributed by atoms with Crippen LogP contribution in [-0.2, 0) is 13.1 Å². The molecule has 2 aromatic rings. The zero-order chi connectivity index (χ0) is 29.0. The van der Waals surface area contributed by atoms with Crippen LogP contribution in [-0.4, -0.2) is 41.8 Å². The number of rotatable bonds is 22. The summed E-state index contributed by atoms with van der Waals surface area (Å²) < 4.78 is 8.26. The Bertz CT molecular complexity index is 990. The number of aromatic nitrogens is 1. The number of hydrogen-bond acceptors (Lipinski definition) is 4. The molecule has 41 heavy (non-hydrogen) atoms. The van der Waals surface area contributed by atoms with Crippen LogP contribution in [0, 0.1) is 0 Å². The lowest BCUT2D eigenvalue weighted by Crippen LogP contribution is -2.49. The molecule has 1 N–H and O–H groups in total. The summed E-state index contributed by atoms with van der Waals surface area (Å²) in [6, 6.07) is 12.7. The normalized spacial score (nSPS) is 15.8. The minimum absolute atomic E-state index is 0.00333. The van der Waals surface area contributed by atoms with E-state index in [-0.39, 0.29) is 5.43 Å². The van der Waals surface area contributed by atoms with E-state index in [1.165, 1.54) is 102 Å². The molecule has 0 saturated carbocycles. The van der Waals surface area contributed by atoms with E-state index in [9.17, 15) is 4.79 Å². The number of nitrogens with zero attached hydrogens (tertiary/aromatic N) is 2. The van der Waals surface area contributed by atoms with Gasteiger partial charge in [0.1, 0.15) is 0 Å². The first-order valence-corrected chi connectivity index (χ1v) is 17.0. The van der Waals surface area contributed by atoms with Gasteiger partial charge in [0.05, 0.1) is 12.8 Å². The number of piperazine rings is 1. The van der Waals surface area contributed by atoms with Crippen molar-refractivity contribution in [2.45, 2.75) is 136 Å². The second kappa shape index (κ2) is 20.7. The quantitative estimate of drug-likeness (QED) is 0.146. The Morgan fingerprint density at radius 1 is 0.805 bits per heavy atom. The van der Waals surface area contributed by atoms with Gasteiger partial charge in [0.2, 0.25) is 5.43 Å². The van der Waals surface area contributed by atoms with Crippen molar-refractivity contribution in [1.82, 2.24) is 14.8 Å². The number of pyridine rings is 1. The second-order valence-electron chi connectivity index (χ2n) is 12.3. The van der Waals surface area contributed by atoms with Crippen molar-refractivity contribution in [2.24, 2.45) is 0 Å². The molecule has 1 atom stereocenters. The maximum Gasteiger partial charge on any atom is 0.223 e. The van der Waals surface area contributed by atoms with Crippen molar-refractivity contribution in [2.75, 3.05) is 26.2 Å². The molecule has 0 aliphatic carbocycles. The first kappa shape index (κ1) is 33.4. The van der Waals surface area contributed by atoms with E-state index >= 15 is 0 Å². The Balaban J connectivity index is 1.33. The van der Waals surface area contributed by atoms with Crippen molar-refractivity contribution >= 4 is 0 Å². The predicted molar refractivity (Wildman–Crippen MR) is 174 cm³/mol. The lowest BCUT2D eigenvalue weighted by atomic mass is 10.0. The van der Waals surface area contributed by atoms with Gasteiger partial charge in [-0.05, 0) is 18.9 Å². The van der Waals surface area contributed by atoms with Crippen LogP contribution in [0.15, 0.2) is 47.4 Å². The highest BCUT2D eigenvalue weighted by atomic mass is 16.5. The Kier molecular flexibility index (Phi) is 16.9. The van der Waals surface area contributed by atoms with Gasteiger partial charge in [-0.3, -0.25) is 9.69 Å². The lowest BCUT2D eigenvalue weighted by Gasteiger charge is -2.34. The van der Waals surface area contributed by atoms with Crippen LogP contribution in [0.4, 0.5) is 0 Å². The number of ether oxygens (including phenoxy) is 1. The van der Waals surface area contributed by atoms with Gasteiger partial charge in [-0.1, -0.05) is 134 Å². The highest BCUT2D eigenvalue weighted by Gasteiger charge is 2.20. The highest BCUT2D eigenvalue weighted by Crippen LogP contribution is 2.17. The summed E-state index contributed by atoms with van der Waals surface area (Å²) in [6.07, 6.45) is 23.6. The van der Waals surface area contributed by atoms with Crippen molar-refractivity contribution in [3.05, 3.63) is 64.1 Å². The largest absolute Gasteiger partial charge is 0.488 e. The average molecular weight is 566 g/mol. The number of unbranched alkanes of at least 4 members (excludes halogenated alkanes) is 15. The fourth-order valence-electron chi connectivity index (χ4n) is 5.92. The first-order chi connectivity index (χ1) is 20.2. The maximum atomic E-state index is 13.0. The van der Waals surface area contributed by atoms with E-state index in [4.69, 9.17) is 4.74 Å². The fraction of sp³-hybridized carbons (Fsp3) is 0.694. The van der Waals surface area contributed by atoms with Gasteiger partial charge in [0.25, 0.3) is 0 Å². The topological polar surface area (TPSA) is 46.5 Å². The van der Waals surface area contributed by atoms with E-state index in [0.29, 0.717) is 18.4 Å². The van der Waals surface area contributed by atoms with Crippen LogP contribution in [0.1, 0.15) is 128 Å². The van der Waals surface area contributed by atoms with Crippen molar-refractivity contribution < 1.29 is 4.74 Å². The summed E-state index contributed by atoms with van der Waals surface area (Å²) in [7, 11) is 0. The van der Waals surface area contributed by atoms with Crippen molar-refractivity contribution in [3.63, 3.8) is 0 Å². The Labute approximate surface area is 251 Å². The highest BCUT2D eigenvalue weighted by molar-refractivity contribution is 5.24. The molecule has 1 fully saturated rings.